The molecule has 4 heteroatoms. The van der Waals surface area contributed by atoms with E-state index in [2.05, 4.69) is 35.1 Å². The SMILES string of the molecule is CCCCNCCNCCCC.CNCCNC. The minimum Gasteiger partial charge on any atom is -0.318 e. The number of likely N-dealkylation sites (N-methyl/N-ethyl adjacent to an activating group) is 2. The second-order valence-electron chi connectivity index (χ2n) is 4.41. The van der Waals surface area contributed by atoms with Crippen molar-refractivity contribution in [3.05, 3.63) is 0 Å². The maximum Gasteiger partial charge on any atom is 0.00767 e. The first-order valence-electron chi connectivity index (χ1n) is 7.54. The Bertz CT molecular complexity index is 106. The lowest BCUT2D eigenvalue weighted by atomic mass is 10.3. The molecular formula is C14H36N4. The van der Waals surface area contributed by atoms with Gasteiger partial charge in [0.05, 0.1) is 0 Å². The lowest BCUT2D eigenvalue weighted by molar-refractivity contribution is 0.580. The van der Waals surface area contributed by atoms with Gasteiger partial charge in [-0.05, 0) is 40.0 Å². The molecule has 18 heavy (non-hydrogen) atoms. The highest BCUT2D eigenvalue weighted by molar-refractivity contribution is 4.51. The lowest BCUT2D eigenvalue weighted by Gasteiger charge is -2.04. The monoisotopic (exact) mass is 260 g/mol. The molecule has 0 amide bonds. The van der Waals surface area contributed by atoms with Crippen LogP contribution in [0.15, 0.2) is 0 Å². The molecule has 0 rings (SSSR count). The van der Waals surface area contributed by atoms with Gasteiger partial charge in [0.15, 0.2) is 0 Å². The van der Waals surface area contributed by atoms with Crippen LogP contribution >= 0.6 is 0 Å². The zero-order valence-electron chi connectivity index (χ0n) is 13.1. The summed E-state index contributed by atoms with van der Waals surface area (Å²) in [7, 11) is 3.88. The summed E-state index contributed by atoms with van der Waals surface area (Å²) in [6.07, 6.45) is 5.18. The summed E-state index contributed by atoms with van der Waals surface area (Å²) >= 11 is 0. The van der Waals surface area contributed by atoms with Crippen molar-refractivity contribution in [2.75, 3.05) is 53.4 Å². The van der Waals surface area contributed by atoms with Crippen LogP contribution < -0.4 is 21.3 Å². The van der Waals surface area contributed by atoms with Crippen molar-refractivity contribution < 1.29 is 0 Å². The van der Waals surface area contributed by atoms with Gasteiger partial charge in [-0.2, -0.15) is 0 Å². The van der Waals surface area contributed by atoms with E-state index in [0.717, 1.165) is 26.2 Å². The van der Waals surface area contributed by atoms with Gasteiger partial charge in [-0.3, -0.25) is 0 Å². The Morgan fingerprint density at radius 2 is 0.944 bits per heavy atom. The van der Waals surface area contributed by atoms with Gasteiger partial charge in [-0.25, -0.2) is 0 Å². The molecule has 0 spiro atoms. The van der Waals surface area contributed by atoms with Crippen LogP contribution in [0.5, 0.6) is 0 Å². The average molecular weight is 260 g/mol. The Labute approximate surface area is 115 Å². The van der Waals surface area contributed by atoms with E-state index < -0.39 is 0 Å². The molecule has 0 aromatic carbocycles. The van der Waals surface area contributed by atoms with Crippen LogP contribution in [-0.4, -0.2) is 53.4 Å². The summed E-state index contributed by atoms with van der Waals surface area (Å²) in [4.78, 5) is 0. The van der Waals surface area contributed by atoms with Gasteiger partial charge in [0.1, 0.15) is 0 Å². The first kappa shape index (κ1) is 20.2. The summed E-state index contributed by atoms with van der Waals surface area (Å²) in [5.41, 5.74) is 0. The second-order valence-corrected chi connectivity index (χ2v) is 4.41. The van der Waals surface area contributed by atoms with Gasteiger partial charge in [-0.1, -0.05) is 26.7 Å². The van der Waals surface area contributed by atoms with E-state index >= 15 is 0 Å². The maximum atomic E-state index is 3.40. The Kier molecular flexibility index (Phi) is 24.7. The smallest absolute Gasteiger partial charge is 0.00767 e. The minimum absolute atomic E-state index is 1.05. The largest absolute Gasteiger partial charge is 0.318 e. The molecule has 0 aliphatic heterocycles. The van der Waals surface area contributed by atoms with Crippen LogP contribution in [-0.2, 0) is 0 Å². The van der Waals surface area contributed by atoms with Crippen LogP contribution in [0.2, 0.25) is 0 Å². The summed E-state index contributed by atoms with van der Waals surface area (Å²) < 4.78 is 0. The van der Waals surface area contributed by atoms with E-state index in [9.17, 15) is 0 Å². The van der Waals surface area contributed by atoms with Gasteiger partial charge in [0.2, 0.25) is 0 Å². The molecule has 0 radical (unpaired) electrons. The van der Waals surface area contributed by atoms with Crippen molar-refractivity contribution in [2.24, 2.45) is 0 Å². The highest BCUT2D eigenvalue weighted by Gasteiger charge is 1.86. The van der Waals surface area contributed by atoms with Crippen LogP contribution in [0.25, 0.3) is 0 Å². The molecular weight excluding hydrogens is 224 g/mol. The molecule has 0 aliphatic carbocycles. The summed E-state index contributed by atoms with van der Waals surface area (Å²) in [6, 6.07) is 0. The molecule has 0 atom stereocenters. The predicted molar refractivity (Wildman–Crippen MR) is 83.4 cm³/mol. The third-order valence-electron chi connectivity index (χ3n) is 2.52. The van der Waals surface area contributed by atoms with Crippen molar-refractivity contribution in [1.82, 2.24) is 21.3 Å². The molecule has 4 N–H and O–H groups in total. The third kappa shape index (κ3) is 24.9. The number of nitrogens with one attached hydrogen (secondary N) is 4. The van der Waals surface area contributed by atoms with E-state index in [1.54, 1.807) is 0 Å². The van der Waals surface area contributed by atoms with Crippen LogP contribution in [0.1, 0.15) is 39.5 Å². The molecule has 0 fully saturated rings. The highest BCUT2D eigenvalue weighted by Crippen LogP contribution is 1.82. The molecule has 0 aromatic heterocycles. The van der Waals surface area contributed by atoms with Crippen molar-refractivity contribution >= 4 is 0 Å². The zero-order valence-corrected chi connectivity index (χ0v) is 13.1. The number of hydrogen-bond donors (Lipinski definition) is 4. The third-order valence-corrected chi connectivity index (χ3v) is 2.52. The summed E-state index contributed by atoms with van der Waals surface area (Å²) in [5, 5.41) is 12.8. The molecule has 0 aromatic rings. The van der Waals surface area contributed by atoms with E-state index in [4.69, 9.17) is 0 Å². The average Bonchev–Trinajstić information content (AvgIpc) is 2.40. The van der Waals surface area contributed by atoms with Crippen LogP contribution in [0.3, 0.4) is 0 Å². The van der Waals surface area contributed by atoms with Crippen molar-refractivity contribution in [3.8, 4) is 0 Å². The number of unbranched alkanes of at least 4 members (excludes halogenated alkanes) is 2. The van der Waals surface area contributed by atoms with Gasteiger partial charge in [0, 0.05) is 26.2 Å². The van der Waals surface area contributed by atoms with Crippen molar-refractivity contribution in [3.63, 3.8) is 0 Å². The minimum atomic E-state index is 1.05. The maximum absolute atomic E-state index is 3.40. The number of rotatable bonds is 12. The lowest BCUT2D eigenvalue weighted by Crippen LogP contribution is -2.28. The van der Waals surface area contributed by atoms with Crippen LogP contribution in [0, 0.1) is 0 Å². The standard InChI is InChI=1S/C10H24N2.C4H12N2/c1-3-5-7-11-9-10-12-8-6-4-2;1-5-3-4-6-2/h11-12H,3-10H2,1-2H3;5-6H,3-4H2,1-2H3. The van der Waals surface area contributed by atoms with E-state index in [-0.39, 0.29) is 0 Å². The fourth-order valence-electron chi connectivity index (χ4n) is 1.28. The van der Waals surface area contributed by atoms with E-state index in [1.807, 2.05) is 14.1 Å². The van der Waals surface area contributed by atoms with Gasteiger partial charge in [-0.15, -0.1) is 0 Å². The van der Waals surface area contributed by atoms with E-state index in [1.165, 1.54) is 38.8 Å². The highest BCUT2D eigenvalue weighted by atomic mass is 14.9. The molecule has 0 aliphatic rings. The molecule has 0 bridgehead atoms. The Balaban J connectivity index is 0. The number of hydrogen-bond acceptors (Lipinski definition) is 4. The van der Waals surface area contributed by atoms with E-state index in [0.29, 0.717) is 0 Å². The molecule has 112 valence electrons. The normalized spacial score (nSPS) is 10.0. The van der Waals surface area contributed by atoms with Gasteiger partial charge < -0.3 is 21.3 Å². The Morgan fingerprint density at radius 3 is 1.22 bits per heavy atom. The Hall–Kier alpha value is -0.160. The topological polar surface area (TPSA) is 48.1 Å². The van der Waals surface area contributed by atoms with Gasteiger partial charge in [0.25, 0.3) is 0 Å². The molecule has 0 saturated carbocycles. The zero-order chi connectivity index (χ0) is 13.9. The predicted octanol–water partition coefficient (Wildman–Crippen LogP) is 1.19. The first-order chi connectivity index (χ1) is 8.83. The quantitative estimate of drug-likeness (QED) is 0.398. The second kappa shape index (κ2) is 22.1. The fraction of sp³-hybridized carbons (Fsp3) is 1.00. The molecule has 4 nitrogen and oxygen atoms in total. The van der Waals surface area contributed by atoms with Gasteiger partial charge >= 0.3 is 0 Å². The Morgan fingerprint density at radius 1 is 0.556 bits per heavy atom. The summed E-state index contributed by atoms with van der Waals surface area (Å²) in [6.45, 7) is 11.1. The summed E-state index contributed by atoms with van der Waals surface area (Å²) in [5.74, 6) is 0. The first-order valence-corrected chi connectivity index (χ1v) is 7.54. The van der Waals surface area contributed by atoms with Crippen molar-refractivity contribution in [2.45, 2.75) is 39.5 Å². The molecule has 0 heterocycles. The fourth-order valence-corrected chi connectivity index (χ4v) is 1.28. The van der Waals surface area contributed by atoms with Crippen LogP contribution in [0.4, 0.5) is 0 Å². The molecule has 0 unspecified atom stereocenters. The van der Waals surface area contributed by atoms with Crippen molar-refractivity contribution in [1.29, 1.82) is 0 Å². The molecule has 0 saturated heterocycles.